The van der Waals surface area contributed by atoms with Crippen LogP contribution in [0.15, 0.2) is 18.2 Å². The van der Waals surface area contributed by atoms with E-state index in [1.54, 1.807) is 18.2 Å². The van der Waals surface area contributed by atoms with E-state index in [9.17, 15) is 4.79 Å². The van der Waals surface area contributed by atoms with E-state index < -0.39 is 5.97 Å². The van der Waals surface area contributed by atoms with Gasteiger partial charge in [-0.2, -0.15) is 0 Å². The molecular formula is C9H8ClNO3. The number of halogens is 1. The van der Waals surface area contributed by atoms with Gasteiger partial charge in [-0.25, -0.2) is 9.78 Å². The van der Waals surface area contributed by atoms with Gasteiger partial charge >= 0.3 is 5.97 Å². The number of aromatic nitrogens is 1. The molecule has 2 heterocycles. The highest BCUT2D eigenvalue weighted by Crippen LogP contribution is 2.10. The molecule has 0 radical (unpaired) electrons. The van der Waals surface area contributed by atoms with Crippen LogP contribution in [0.4, 0.5) is 0 Å². The maximum absolute atomic E-state index is 11.4. The van der Waals surface area contributed by atoms with Crippen molar-refractivity contribution in [2.24, 2.45) is 0 Å². The standard InChI is InChI=1S/C9H8ClNO3/c10-8-3-1-2-7(11-8)9(12)14-6-4-13-5-6/h1-3,6H,4-5H2. The smallest absolute Gasteiger partial charge is 0.357 e. The average Bonchev–Trinajstić information content (AvgIpc) is 2.11. The molecule has 1 aromatic rings. The third-order valence-corrected chi connectivity index (χ3v) is 2.02. The highest BCUT2D eigenvalue weighted by molar-refractivity contribution is 6.29. The molecule has 1 aliphatic heterocycles. The number of esters is 1. The summed E-state index contributed by atoms with van der Waals surface area (Å²) in [4.78, 5) is 15.2. The minimum Gasteiger partial charge on any atom is -0.453 e. The SMILES string of the molecule is O=C(OC1COC1)c1cccc(Cl)n1. The van der Waals surface area contributed by atoms with E-state index in [0.717, 1.165) is 0 Å². The zero-order chi connectivity index (χ0) is 9.97. The van der Waals surface area contributed by atoms with Crippen LogP contribution in [0.1, 0.15) is 10.5 Å². The summed E-state index contributed by atoms with van der Waals surface area (Å²) in [6.45, 7) is 0.929. The Labute approximate surface area is 85.8 Å². The van der Waals surface area contributed by atoms with Crippen molar-refractivity contribution in [2.45, 2.75) is 6.10 Å². The summed E-state index contributed by atoms with van der Waals surface area (Å²) >= 11 is 5.63. The molecule has 14 heavy (non-hydrogen) atoms. The van der Waals surface area contributed by atoms with Crippen molar-refractivity contribution in [3.8, 4) is 0 Å². The van der Waals surface area contributed by atoms with Gasteiger partial charge in [0.25, 0.3) is 0 Å². The van der Waals surface area contributed by atoms with E-state index in [1.807, 2.05) is 0 Å². The quantitative estimate of drug-likeness (QED) is 0.549. The molecule has 5 heteroatoms. The second-order valence-electron chi connectivity index (χ2n) is 2.91. The molecule has 1 saturated heterocycles. The van der Waals surface area contributed by atoms with Crippen LogP contribution in [0.2, 0.25) is 5.15 Å². The first-order valence-electron chi connectivity index (χ1n) is 4.17. The highest BCUT2D eigenvalue weighted by Gasteiger charge is 2.23. The van der Waals surface area contributed by atoms with Gasteiger partial charge in [-0.3, -0.25) is 0 Å². The predicted octanol–water partition coefficient (Wildman–Crippen LogP) is 1.29. The third-order valence-electron chi connectivity index (χ3n) is 1.81. The van der Waals surface area contributed by atoms with Crippen LogP contribution in [0.5, 0.6) is 0 Å². The molecule has 0 spiro atoms. The molecule has 74 valence electrons. The maximum Gasteiger partial charge on any atom is 0.357 e. The zero-order valence-electron chi connectivity index (χ0n) is 7.27. The fourth-order valence-corrected chi connectivity index (χ4v) is 1.18. The zero-order valence-corrected chi connectivity index (χ0v) is 8.03. The van der Waals surface area contributed by atoms with E-state index in [-0.39, 0.29) is 17.0 Å². The van der Waals surface area contributed by atoms with Crippen LogP contribution in [0.25, 0.3) is 0 Å². The molecule has 1 aromatic heterocycles. The Kier molecular flexibility index (Phi) is 2.65. The topological polar surface area (TPSA) is 48.4 Å². The Hall–Kier alpha value is -1.13. The number of hydrogen-bond acceptors (Lipinski definition) is 4. The van der Waals surface area contributed by atoms with E-state index in [4.69, 9.17) is 21.1 Å². The summed E-state index contributed by atoms with van der Waals surface area (Å²) in [5.74, 6) is -0.458. The molecule has 1 aliphatic rings. The molecule has 0 amide bonds. The number of carbonyl (C=O) groups is 1. The van der Waals surface area contributed by atoms with Gasteiger partial charge in [0.15, 0.2) is 0 Å². The number of carbonyl (C=O) groups excluding carboxylic acids is 1. The molecule has 0 unspecified atom stereocenters. The highest BCUT2D eigenvalue weighted by atomic mass is 35.5. The lowest BCUT2D eigenvalue weighted by Crippen LogP contribution is -2.37. The minimum atomic E-state index is -0.458. The van der Waals surface area contributed by atoms with E-state index in [2.05, 4.69) is 4.98 Å². The number of hydrogen-bond donors (Lipinski definition) is 0. The first-order valence-corrected chi connectivity index (χ1v) is 4.55. The second-order valence-corrected chi connectivity index (χ2v) is 3.30. The number of pyridine rings is 1. The molecule has 1 fully saturated rings. The monoisotopic (exact) mass is 213 g/mol. The summed E-state index contributed by atoms with van der Waals surface area (Å²) in [7, 11) is 0. The third kappa shape index (κ3) is 2.02. The summed E-state index contributed by atoms with van der Waals surface area (Å²) < 4.78 is 9.91. The molecule has 0 atom stereocenters. The van der Waals surface area contributed by atoms with Gasteiger partial charge in [0.1, 0.15) is 17.0 Å². The van der Waals surface area contributed by atoms with E-state index in [1.165, 1.54) is 0 Å². The van der Waals surface area contributed by atoms with E-state index >= 15 is 0 Å². The van der Waals surface area contributed by atoms with Gasteiger partial charge in [-0.15, -0.1) is 0 Å². The molecule has 0 bridgehead atoms. The Morgan fingerprint density at radius 2 is 2.36 bits per heavy atom. The number of ether oxygens (including phenoxy) is 2. The van der Waals surface area contributed by atoms with Crippen molar-refractivity contribution in [2.75, 3.05) is 13.2 Å². The molecule has 0 N–H and O–H groups in total. The van der Waals surface area contributed by atoms with Crippen LogP contribution in [0, 0.1) is 0 Å². The van der Waals surface area contributed by atoms with Crippen molar-refractivity contribution in [3.05, 3.63) is 29.0 Å². The maximum atomic E-state index is 11.4. The summed E-state index contributed by atoms with van der Waals surface area (Å²) in [6, 6.07) is 4.82. The second kappa shape index (κ2) is 3.94. The van der Waals surface area contributed by atoms with E-state index in [0.29, 0.717) is 13.2 Å². The van der Waals surface area contributed by atoms with Crippen LogP contribution >= 0.6 is 11.6 Å². The molecule has 2 rings (SSSR count). The lowest BCUT2D eigenvalue weighted by atomic mass is 10.3. The fourth-order valence-electron chi connectivity index (χ4n) is 1.02. The number of rotatable bonds is 2. The number of nitrogens with zero attached hydrogens (tertiary/aromatic N) is 1. The van der Waals surface area contributed by atoms with Gasteiger partial charge in [0.2, 0.25) is 0 Å². The largest absolute Gasteiger partial charge is 0.453 e. The lowest BCUT2D eigenvalue weighted by molar-refractivity contribution is -0.103. The Morgan fingerprint density at radius 1 is 1.57 bits per heavy atom. The normalized spacial score (nSPS) is 16.1. The first-order chi connectivity index (χ1) is 6.75. The summed E-state index contributed by atoms with van der Waals surface area (Å²) in [5, 5.41) is 0.282. The molecule has 0 aromatic carbocycles. The van der Waals surface area contributed by atoms with Crippen molar-refractivity contribution in [1.29, 1.82) is 0 Å². The van der Waals surface area contributed by atoms with Gasteiger partial charge in [0.05, 0.1) is 13.2 Å². The van der Waals surface area contributed by atoms with Crippen LogP contribution < -0.4 is 0 Å². The Balaban J connectivity index is 2.02. The molecule has 0 aliphatic carbocycles. The van der Waals surface area contributed by atoms with Gasteiger partial charge < -0.3 is 9.47 Å². The summed E-state index contributed by atoms with van der Waals surface area (Å²) in [5.41, 5.74) is 0.226. The Morgan fingerprint density at radius 3 is 2.93 bits per heavy atom. The van der Waals surface area contributed by atoms with Crippen LogP contribution in [-0.4, -0.2) is 30.3 Å². The minimum absolute atomic E-state index is 0.136. The predicted molar refractivity (Wildman–Crippen MR) is 49.3 cm³/mol. The van der Waals surface area contributed by atoms with Crippen molar-refractivity contribution in [1.82, 2.24) is 4.98 Å². The summed E-state index contributed by atoms with van der Waals surface area (Å²) in [6.07, 6.45) is -0.136. The average molecular weight is 214 g/mol. The van der Waals surface area contributed by atoms with Crippen molar-refractivity contribution < 1.29 is 14.3 Å². The first kappa shape index (κ1) is 9.43. The molecule has 0 saturated carbocycles. The molecular weight excluding hydrogens is 206 g/mol. The van der Waals surface area contributed by atoms with Crippen LogP contribution in [-0.2, 0) is 9.47 Å². The van der Waals surface area contributed by atoms with Crippen LogP contribution in [0.3, 0.4) is 0 Å². The Bertz CT molecular complexity index is 352. The van der Waals surface area contributed by atoms with Gasteiger partial charge in [-0.1, -0.05) is 17.7 Å². The fraction of sp³-hybridized carbons (Fsp3) is 0.333. The lowest BCUT2D eigenvalue weighted by Gasteiger charge is -2.25. The van der Waals surface area contributed by atoms with Crippen molar-refractivity contribution in [3.63, 3.8) is 0 Å². The molecule has 4 nitrogen and oxygen atoms in total. The van der Waals surface area contributed by atoms with Gasteiger partial charge in [0, 0.05) is 0 Å². The van der Waals surface area contributed by atoms with Crippen molar-refractivity contribution >= 4 is 17.6 Å². The van der Waals surface area contributed by atoms with Gasteiger partial charge in [-0.05, 0) is 12.1 Å².